The molecular weight excluding hydrogens is 215 g/mol. The second-order valence-corrected chi connectivity index (χ2v) is 5.04. The topological polar surface area (TPSA) is 0 Å². The highest BCUT2D eigenvalue weighted by Crippen LogP contribution is 2.16. The van der Waals surface area contributed by atoms with E-state index in [0.717, 1.165) is 16.1 Å². The lowest BCUT2D eigenvalue weighted by Crippen LogP contribution is -2.04. The Hall–Kier alpha value is -0.640. The van der Waals surface area contributed by atoms with Crippen molar-refractivity contribution >= 4 is 23.2 Å². The van der Waals surface area contributed by atoms with Gasteiger partial charge in [-0.25, -0.2) is 0 Å². The Kier molecular flexibility index (Phi) is 3.48. The third kappa shape index (κ3) is 3.62. The molecule has 0 saturated heterocycles. The van der Waals surface area contributed by atoms with E-state index in [-0.39, 0.29) is 0 Å². The Bertz CT molecular complexity index is 389. The van der Waals surface area contributed by atoms with Crippen LogP contribution in [-0.2, 0) is 0 Å². The molecule has 1 rings (SSSR count). The zero-order chi connectivity index (χ0) is 10.8. The van der Waals surface area contributed by atoms with Crippen LogP contribution in [0, 0.1) is 18.8 Å². The van der Waals surface area contributed by atoms with Gasteiger partial charge in [0, 0.05) is 10.6 Å². The van der Waals surface area contributed by atoms with E-state index in [1.807, 2.05) is 39.0 Å². The average molecular weight is 227 g/mol. The Morgan fingerprint density at radius 3 is 2.43 bits per heavy atom. The predicted molar refractivity (Wildman–Crippen MR) is 63.0 cm³/mol. The quantitative estimate of drug-likeness (QED) is 0.464. The van der Waals surface area contributed by atoms with Gasteiger partial charge < -0.3 is 0 Å². The van der Waals surface area contributed by atoms with E-state index in [4.69, 9.17) is 23.2 Å². The first-order valence-corrected chi connectivity index (χ1v) is 5.12. The normalized spacial score (nSPS) is 10.6. The van der Waals surface area contributed by atoms with Crippen LogP contribution in [0.2, 0.25) is 5.02 Å². The van der Waals surface area contributed by atoms with Crippen molar-refractivity contribution in [3.8, 4) is 11.8 Å². The average Bonchev–Trinajstić information content (AvgIpc) is 2.06. The van der Waals surface area contributed by atoms with Crippen molar-refractivity contribution in [2.24, 2.45) is 0 Å². The molecule has 0 atom stereocenters. The zero-order valence-electron chi connectivity index (χ0n) is 8.49. The fraction of sp³-hybridized carbons (Fsp3) is 0.333. The summed E-state index contributed by atoms with van der Waals surface area (Å²) in [7, 11) is 0. The highest BCUT2D eigenvalue weighted by molar-refractivity contribution is 6.31. The van der Waals surface area contributed by atoms with Crippen LogP contribution < -0.4 is 0 Å². The van der Waals surface area contributed by atoms with E-state index in [0.29, 0.717) is 0 Å². The molecule has 0 spiro atoms. The van der Waals surface area contributed by atoms with Crippen LogP contribution in [0.4, 0.5) is 0 Å². The Morgan fingerprint density at radius 1 is 1.29 bits per heavy atom. The minimum absolute atomic E-state index is 0.479. The molecule has 1 aromatic carbocycles. The van der Waals surface area contributed by atoms with Crippen LogP contribution in [-0.4, -0.2) is 4.87 Å². The van der Waals surface area contributed by atoms with Crippen molar-refractivity contribution in [3.63, 3.8) is 0 Å². The van der Waals surface area contributed by atoms with Gasteiger partial charge in [0.2, 0.25) is 0 Å². The summed E-state index contributed by atoms with van der Waals surface area (Å²) in [5, 5.41) is 0.765. The molecule has 0 N–H and O–H groups in total. The van der Waals surface area contributed by atoms with Crippen molar-refractivity contribution in [2.75, 3.05) is 0 Å². The summed E-state index contributed by atoms with van der Waals surface area (Å²) < 4.78 is 0. The standard InChI is InChI=1S/C12H12Cl2/c1-9-8-10(4-5-11(9)13)6-7-12(2,3)14/h4-5,8H,1-3H3. The van der Waals surface area contributed by atoms with Crippen LogP contribution in [0.1, 0.15) is 25.0 Å². The summed E-state index contributed by atoms with van der Waals surface area (Å²) in [4.78, 5) is -0.479. The molecule has 0 aliphatic heterocycles. The summed E-state index contributed by atoms with van der Waals surface area (Å²) in [6.45, 7) is 5.69. The Morgan fingerprint density at radius 2 is 1.93 bits per heavy atom. The van der Waals surface area contributed by atoms with Crippen molar-refractivity contribution in [3.05, 3.63) is 34.3 Å². The third-order valence-corrected chi connectivity index (χ3v) is 2.18. The molecule has 0 aromatic heterocycles. The zero-order valence-corrected chi connectivity index (χ0v) is 10.00. The van der Waals surface area contributed by atoms with E-state index in [1.165, 1.54) is 0 Å². The van der Waals surface area contributed by atoms with Crippen molar-refractivity contribution < 1.29 is 0 Å². The molecule has 0 amide bonds. The molecule has 0 fully saturated rings. The first-order valence-electron chi connectivity index (χ1n) is 4.37. The number of rotatable bonds is 0. The van der Waals surface area contributed by atoms with Gasteiger partial charge in [-0.05, 0) is 44.5 Å². The lowest BCUT2D eigenvalue weighted by atomic mass is 10.1. The van der Waals surface area contributed by atoms with Crippen molar-refractivity contribution in [1.29, 1.82) is 0 Å². The number of aryl methyl sites for hydroxylation is 1. The fourth-order valence-electron chi connectivity index (χ4n) is 0.943. The maximum atomic E-state index is 5.95. The van der Waals surface area contributed by atoms with Crippen LogP contribution >= 0.6 is 23.2 Å². The summed E-state index contributed by atoms with van der Waals surface area (Å²) in [5.41, 5.74) is 1.98. The van der Waals surface area contributed by atoms with Gasteiger partial charge in [0.25, 0.3) is 0 Å². The molecular formula is C12H12Cl2. The van der Waals surface area contributed by atoms with Crippen LogP contribution in [0.25, 0.3) is 0 Å². The molecule has 2 heteroatoms. The van der Waals surface area contributed by atoms with Gasteiger partial charge in [-0.15, -0.1) is 11.6 Å². The molecule has 0 aliphatic rings. The van der Waals surface area contributed by atoms with Crippen LogP contribution in [0.3, 0.4) is 0 Å². The molecule has 0 nitrogen and oxygen atoms in total. The van der Waals surface area contributed by atoms with Crippen LogP contribution in [0.15, 0.2) is 18.2 Å². The number of hydrogen-bond acceptors (Lipinski definition) is 0. The van der Waals surface area contributed by atoms with Gasteiger partial charge >= 0.3 is 0 Å². The summed E-state index contributed by atoms with van der Waals surface area (Å²) in [6, 6.07) is 5.70. The molecule has 1 aromatic rings. The van der Waals surface area contributed by atoms with E-state index >= 15 is 0 Å². The summed E-state index contributed by atoms with van der Waals surface area (Å²) >= 11 is 11.9. The number of alkyl halides is 1. The largest absolute Gasteiger partial charge is 0.106 e. The first-order chi connectivity index (χ1) is 6.38. The van der Waals surface area contributed by atoms with Gasteiger partial charge in [0.1, 0.15) is 0 Å². The molecule has 14 heavy (non-hydrogen) atoms. The van der Waals surface area contributed by atoms with Gasteiger partial charge in [-0.3, -0.25) is 0 Å². The van der Waals surface area contributed by atoms with Gasteiger partial charge in [-0.1, -0.05) is 23.4 Å². The monoisotopic (exact) mass is 226 g/mol. The van der Waals surface area contributed by atoms with Gasteiger partial charge in [0.15, 0.2) is 0 Å². The third-order valence-electron chi connectivity index (χ3n) is 1.66. The molecule has 0 aliphatic carbocycles. The minimum atomic E-state index is -0.479. The second kappa shape index (κ2) is 4.26. The molecule has 74 valence electrons. The molecule has 0 unspecified atom stereocenters. The smallest absolute Gasteiger partial charge is 0.0997 e. The SMILES string of the molecule is Cc1cc(C#CC(C)(C)Cl)ccc1Cl. The number of hydrogen-bond donors (Lipinski definition) is 0. The summed E-state index contributed by atoms with van der Waals surface area (Å²) in [5.74, 6) is 5.97. The highest BCUT2D eigenvalue weighted by Gasteiger charge is 2.06. The van der Waals surface area contributed by atoms with Crippen LogP contribution in [0.5, 0.6) is 0 Å². The maximum Gasteiger partial charge on any atom is 0.0997 e. The van der Waals surface area contributed by atoms with E-state index < -0.39 is 4.87 Å². The summed E-state index contributed by atoms with van der Waals surface area (Å²) in [6.07, 6.45) is 0. The molecule has 0 saturated carbocycles. The lowest BCUT2D eigenvalue weighted by Gasteiger charge is -2.04. The fourth-order valence-corrected chi connectivity index (χ4v) is 1.11. The van der Waals surface area contributed by atoms with Gasteiger partial charge in [-0.2, -0.15) is 0 Å². The van der Waals surface area contributed by atoms with Crippen molar-refractivity contribution in [1.82, 2.24) is 0 Å². The molecule has 0 heterocycles. The molecule has 0 bridgehead atoms. The van der Waals surface area contributed by atoms with E-state index in [9.17, 15) is 0 Å². The Balaban J connectivity index is 2.98. The first kappa shape index (κ1) is 11.4. The Labute approximate surface area is 95.2 Å². The number of benzene rings is 1. The minimum Gasteiger partial charge on any atom is -0.106 e. The molecule has 0 radical (unpaired) electrons. The maximum absolute atomic E-state index is 5.95. The van der Waals surface area contributed by atoms with Gasteiger partial charge in [0.05, 0.1) is 4.87 Å². The highest BCUT2D eigenvalue weighted by atomic mass is 35.5. The second-order valence-electron chi connectivity index (χ2n) is 3.69. The lowest BCUT2D eigenvalue weighted by molar-refractivity contribution is 0.917. The predicted octanol–water partition coefficient (Wildman–Crippen LogP) is 4.02. The number of halogens is 2. The van der Waals surface area contributed by atoms with E-state index in [1.54, 1.807) is 0 Å². The van der Waals surface area contributed by atoms with Crippen molar-refractivity contribution in [2.45, 2.75) is 25.6 Å². The van der Waals surface area contributed by atoms with E-state index in [2.05, 4.69) is 11.8 Å².